The summed E-state index contributed by atoms with van der Waals surface area (Å²) in [6.45, 7) is 1.24. The number of β-amino-alcohol motifs (C(OH)–C–C–N with tert-alkyl or cyclic N) is 1. The number of rotatable bonds is 1. The van der Waals surface area contributed by atoms with Crippen LogP contribution in [-0.4, -0.2) is 29.3 Å². The van der Waals surface area contributed by atoms with E-state index in [1.807, 2.05) is 18.2 Å². The maximum absolute atomic E-state index is 9.23. The van der Waals surface area contributed by atoms with E-state index in [0.717, 1.165) is 5.69 Å². The molecule has 2 heterocycles. The fraction of sp³-hybridized carbons (Fsp3) is 0.444. The average Bonchev–Trinajstić information content (AvgIpc) is 2.20. The minimum Gasteiger partial charge on any atom is -0.390 e. The maximum Gasteiger partial charge on any atom is 0.101 e. The SMILES string of the molecule is OC1CNC(c2ccccn2)NC1. The van der Waals surface area contributed by atoms with Crippen LogP contribution in [0, 0.1) is 0 Å². The summed E-state index contributed by atoms with van der Waals surface area (Å²) < 4.78 is 0. The monoisotopic (exact) mass is 179 g/mol. The first-order valence-corrected chi connectivity index (χ1v) is 4.42. The molecule has 2 rings (SSSR count). The summed E-state index contributed by atoms with van der Waals surface area (Å²) in [5.41, 5.74) is 0.967. The number of aliphatic hydroxyl groups is 1. The van der Waals surface area contributed by atoms with Crippen LogP contribution in [0.15, 0.2) is 24.4 Å². The Balaban J connectivity index is 2.03. The molecule has 1 aromatic heterocycles. The molecule has 0 amide bonds. The number of hydrogen-bond donors (Lipinski definition) is 3. The number of hydrogen-bond acceptors (Lipinski definition) is 4. The van der Waals surface area contributed by atoms with Crippen molar-refractivity contribution >= 4 is 0 Å². The molecule has 3 N–H and O–H groups in total. The van der Waals surface area contributed by atoms with Gasteiger partial charge in [0.05, 0.1) is 11.8 Å². The first-order valence-electron chi connectivity index (χ1n) is 4.42. The normalized spacial score (nSPS) is 28.7. The molecule has 4 heteroatoms. The first-order chi connectivity index (χ1) is 6.36. The summed E-state index contributed by atoms with van der Waals surface area (Å²) >= 11 is 0. The van der Waals surface area contributed by atoms with E-state index in [2.05, 4.69) is 15.6 Å². The molecule has 1 aromatic rings. The lowest BCUT2D eigenvalue weighted by molar-refractivity contribution is 0.128. The van der Waals surface area contributed by atoms with Gasteiger partial charge in [-0.15, -0.1) is 0 Å². The molecule has 13 heavy (non-hydrogen) atoms. The van der Waals surface area contributed by atoms with Crippen molar-refractivity contribution < 1.29 is 5.11 Å². The van der Waals surface area contributed by atoms with Gasteiger partial charge < -0.3 is 5.11 Å². The Kier molecular flexibility index (Phi) is 2.54. The lowest BCUT2D eigenvalue weighted by Gasteiger charge is -2.27. The van der Waals surface area contributed by atoms with Crippen molar-refractivity contribution in [2.24, 2.45) is 0 Å². The highest BCUT2D eigenvalue weighted by Gasteiger charge is 2.19. The number of aliphatic hydroxyl groups excluding tert-OH is 1. The predicted octanol–water partition coefficient (Wildman–Crippen LogP) is -0.366. The van der Waals surface area contributed by atoms with Crippen molar-refractivity contribution in [3.8, 4) is 0 Å². The lowest BCUT2D eigenvalue weighted by atomic mass is 10.2. The smallest absolute Gasteiger partial charge is 0.101 e. The van der Waals surface area contributed by atoms with Gasteiger partial charge in [-0.05, 0) is 12.1 Å². The largest absolute Gasteiger partial charge is 0.390 e. The molecule has 1 aliphatic rings. The van der Waals surface area contributed by atoms with Crippen molar-refractivity contribution in [2.45, 2.75) is 12.3 Å². The summed E-state index contributed by atoms with van der Waals surface area (Å²) in [6, 6.07) is 5.81. The quantitative estimate of drug-likeness (QED) is 0.551. The van der Waals surface area contributed by atoms with Gasteiger partial charge in [-0.25, -0.2) is 0 Å². The van der Waals surface area contributed by atoms with Crippen LogP contribution in [0.4, 0.5) is 0 Å². The Hall–Kier alpha value is -0.970. The molecule has 1 saturated heterocycles. The van der Waals surface area contributed by atoms with E-state index < -0.39 is 0 Å². The van der Waals surface area contributed by atoms with Crippen molar-refractivity contribution in [1.29, 1.82) is 0 Å². The van der Waals surface area contributed by atoms with E-state index >= 15 is 0 Å². The van der Waals surface area contributed by atoms with Gasteiger partial charge in [0.15, 0.2) is 0 Å². The van der Waals surface area contributed by atoms with Crippen molar-refractivity contribution in [3.63, 3.8) is 0 Å². The van der Waals surface area contributed by atoms with Gasteiger partial charge in [0, 0.05) is 19.3 Å². The van der Waals surface area contributed by atoms with E-state index in [9.17, 15) is 5.11 Å². The number of nitrogens with zero attached hydrogens (tertiary/aromatic N) is 1. The molecule has 4 nitrogen and oxygen atoms in total. The maximum atomic E-state index is 9.23. The molecule has 0 aromatic carbocycles. The molecule has 0 radical (unpaired) electrons. The van der Waals surface area contributed by atoms with Gasteiger partial charge in [0.1, 0.15) is 6.17 Å². The molecule has 1 fully saturated rings. The van der Waals surface area contributed by atoms with Crippen LogP contribution in [0.3, 0.4) is 0 Å². The molecule has 0 bridgehead atoms. The zero-order chi connectivity index (χ0) is 9.10. The van der Waals surface area contributed by atoms with Crippen LogP contribution in [0.1, 0.15) is 11.9 Å². The second-order valence-electron chi connectivity index (χ2n) is 3.16. The molecule has 70 valence electrons. The number of pyridine rings is 1. The predicted molar refractivity (Wildman–Crippen MR) is 49.0 cm³/mol. The van der Waals surface area contributed by atoms with Crippen LogP contribution in [0.25, 0.3) is 0 Å². The fourth-order valence-electron chi connectivity index (χ4n) is 1.41. The Bertz CT molecular complexity index is 257. The van der Waals surface area contributed by atoms with Crippen molar-refractivity contribution in [1.82, 2.24) is 15.6 Å². The molecular weight excluding hydrogens is 166 g/mol. The molecule has 0 spiro atoms. The van der Waals surface area contributed by atoms with Crippen LogP contribution in [-0.2, 0) is 0 Å². The molecule has 0 unspecified atom stereocenters. The fourth-order valence-corrected chi connectivity index (χ4v) is 1.41. The number of nitrogens with one attached hydrogen (secondary N) is 2. The molecule has 0 saturated carbocycles. The van der Waals surface area contributed by atoms with Crippen LogP contribution < -0.4 is 10.6 Å². The highest BCUT2D eigenvalue weighted by molar-refractivity contribution is 5.08. The Labute approximate surface area is 77.0 Å². The summed E-state index contributed by atoms with van der Waals surface area (Å²) in [7, 11) is 0. The highest BCUT2D eigenvalue weighted by Crippen LogP contribution is 2.08. The Morgan fingerprint density at radius 3 is 2.69 bits per heavy atom. The summed E-state index contributed by atoms with van der Waals surface area (Å²) in [4.78, 5) is 4.22. The lowest BCUT2D eigenvalue weighted by Crippen LogP contribution is -2.49. The molecule has 0 atom stereocenters. The van der Waals surface area contributed by atoms with Gasteiger partial charge in [0.2, 0.25) is 0 Å². The van der Waals surface area contributed by atoms with E-state index in [-0.39, 0.29) is 12.3 Å². The van der Waals surface area contributed by atoms with Gasteiger partial charge in [-0.2, -0.15) is 0 Å². The first kappa shape index (κ1) is 8.62. The van der Waals surface area contributed by atoms with Gasteiger partial charge in [-0.3, -0.25) is 15.6 Å². The minimum atomic E-state index is -0.292. The third-order valence-corrected chi connectivity index (χ3v) is 2.10. The third kappa shape index (κ3) is 2.03. The van der Waals surface area contributed by atoms with E-state index in [1.165, 1.54) is 0 Å². The molecule has 1 aliphatic heterocycles. The molecule has 0 aliphatic carbocycles. The third-order valence-electron chi connectivity index (χ3n) is 2.10. The van der Waals surface area contributed by atoms with Crippen LogP contribution >= 0.6 is 0 Å². The Morgan fingerprint density at radius 2 is 2.08 bits per heavy atom. The minimum absolute atomic E-state index is 0.0737. The van der Waals surface area contributed by atoms with Crippen molar-refractivity contribution in [3.05, 3.63) is 30.1 Å². The summed E-state index contributed by atoms with van der Waals surface area (Å²) in [6.07, 6.45) is 1.55. The Morgan fingerprint density at radius 1 is 1.31 bits per heavy atom. The van der Waals surface area contributed by atoms with Gasteiger partial charge in [-0.1, -0.05) is 6.07 Å². The average molecular weight is 179 g/mol. The standard InChI is InChI=1S/C9H13N3O/c13-7-5-11-9(12-6-7)8-3-1-2-4-10-8/h1-4,7,9,11-13H,5-6H2. The second-order valence-corrected chi connectivity index (χ2v) is 3.16. The van der Waals surface area contributed by atoms with Crippen LogP contribution in [0.2, 0.25) is 0 Å². The van der Waals surface area contributed by atoms with Crippen LogP contribution in [0.5, 0.6) is 0 Å². The second kappa shape index (κ2) is 3.83. The summed E-state index contributed by atoms with van der Waals surface area (Å²) in [5, 5.41) is 15.6. The van der Waals surface area contributed by atoms with E-state index in [4.69, 9.17) is 0 Å². The topological polar surface area (TPSA) is 57.2 Å². The highest BCUT2D eigenvalue weighted by atomic mass is 16.3. The summed E-state index contributed by atoms with van der Waals surface area (Å²) in [5.74, 6) is 0. The van der Waals surface area contributed by atoms with Gasteiger partial charge >= 0.3 is 0 Å². The van der Waals surface area contributed by atoms with Crippen molar-refractivity contribution in [2.75, 3.05) is 13.1 Å². The van der Waals surface area contributed by atoms with E-state index in [0.29, 0.717) is 13.1 Å². The van der Waals surface area contributed by atoms with E-state index in [1.54, 1.807) is 6.20 Å². The zero-order valence-corrected chi connectivity index (χ0v) is 7.27. The zero-order valence-electron chi connectivity index (χ0n) is 7.27. The number of aromatic nitrogens is 1. The van der Waals surface area contributed by atoms with Gasteiger partial charge in [0.25, 0.3) is 0 Å². The molecular formula is C9H13N3O.